The van der Waals surface area contributed by atoms with Gasteiger partial charge in [0.25, 0.3) is 0 Å². The Morgan fingerprint density at radius 2 is 2.20 bits per heavy atom. The van der Waals surface area contributed by atoms with E-state index in [1.54, 1.807) is 0 Å². The van der Waals surface area contributed by atoms with Crippen LogP contribution in [-0.4, -0.2) is 32.3 Å². The van der Waals surface area contributed by atoms with Gasteiger partial charge in [0.15, 0.2) is 0 Å². The van der Waals surface area contributed by atoms with E-state index in [2.05, 4.69) is 35.7 Å². The van der Waals surface area contributed by atoms with Gasteiger partial charge < -0.3 is 5.73 Å². The van der Waals surface area contributed by atoms with E-state index in [-0.39, 0.29) is 0 Å². The normalized spacial score (nSPS) is 16.4. The van der Waals surface area contributed by atoms with E-state index in [0.29, 0.717) is 17.1 Å². The fraction of sp³-hybridized carbons (Fsp3) is 0.733. The van der Waals surface area contributed by atoms with Crippen molar-refractivity contribution < 1.29 is 0 Å². The molecule has 20 heavy (non-hydrogen) atoms. The van der Waals surface area contributed by atoms with Crippen molar-refractivity contribution in [2.24, 2.45) is 5.73 Å². The summed E-state index contributed by atoms with van der Waals surface area (Å²) in [6.07, 6.45) is 8.14. The Balaban J connectivity index is 1.94. The largest absolute Gasteiger partial charge is 0.393 e. The van der Waals surface area contributed by atoms with E-state index in [1.807, 2.05) is 0 Å². The number of hydrogen-bond acceptors (Lipinski definition) is 3. The van der Waals surface area contributed by atoms with Gasteiger partial charge in [0.1, 0.15) is 0 Å². The smallest absolute Gasteiger partial charge is 0.0764 e. The molecule has 0 radical (unpaired) electrons. The molecule has 1 aliphatic carbocycles. The van der Waals surface area contributed by atoms with Crippen molar-refractivity contribution >= 4 is 17.2 Å². The van der Waals surface area contributed by atoms with Gasteiger partial charge in [-0.15, -0.1) is 0 Å². The molecular weight excluding hydrogens is 268 g/mol. The molecule has 0 unspecified atom stereocenters. The second-order valence-corrected chi connectivity index (χ2v) is 6.53. The van der Waals surface area contributed by atoms with Crippen LogP contribution in [0.2, 0.25) is 0 Å². The number of hydrogen-bond donors (Lipinski definition) is 1. The van der Waals surface area contributed by atoms with Crippen molar-refractivity contribution in [2.45, 2.75) is 64.6 Å². The second kappa shape index (κ2) is 7.18. The number of rotatable bonds is 7. The van der Waals surface area contributed by atoms with Crippen LogP contribution in [0.1, 0.15) is 57.7 Å². The minimum absolute atomic E-state index is 0.473. The predicted molar refractivity (Wildman–Crippen MR) is 86.7 cm³/mol. The summed E-state index contributed by atoms with van der Waals surface area (Å²) in [5.41, 5.74) is 6.75. The molecule has 1 saturated carbocycles. The lowest BCUT2D eigenvalue weighted by molar-refractivity contribution is 0.215. The molecule has 4 nitrogen and oxygen atoms in total. The minimum atomic E-state index is 0.473. The third kappa shape index (κ3) is 4.28. The molecular formula is C15H26N4S. The van der Waals surface area contributed by atoms with Crippen molar-refractivity contribution in [3.63, 3.8) is 0 Å². The van der Waals surface area contributed by atoms with Crippen LogP contribution < -0.4 is 5.73 Å². The van der Waals surface area contributed by atoms with E-state index < -0.39 is 0 Å². The number of thiocarbonyl (C=S) groups is 1. The lowest BCUT2D eigenvalue weighted by Crippen LogP contribution is -2.33. The molecule has 0 bridgehead atoms. The number of nitrogens with two attached hydrogens (primary N) is 1. The van der Waals surface area contributed by atoms with Crippen LogP contribution in [0.5, 0.6) is 0 Å². The highest BCUT2D eigenvalue weighted by Gasteiger charge is 2.18. The molecule has 1 heterocycles. The lowest BCUT2D eigenvalue weighted by Gasteiger charge is -2.25. The zero-order valence-corrected chi connectivity index (χ0v) is 13.4. The molecule has 1 aromatic rings. The summed E-state index contributed by atoms with van der Waals surface area (Å²) >= 11 is 4.97. The molecule has 1 aromatic heterocycles. The van der Waals surface area contributed by atoms with E-state index in [1.165, 1.54) is 25.7 Å². The van der Waals surface area contributed by atoms with Gasteiger partial charge in [-0.05, 0) is 32.8 Å². The highest BCUT2D eigenvalue weighted by molar-refractivity contribution is 7.80. The van der Waals surface area contributed by atoms with Crippen molar-refractivity contribution in [3.8, 4) is 0 Å². The van der Waals surface area contributed by atoms with Gasteiger partial charge in [0.2, 0.25) is 0 Å². The number of aromatic nitrogens is 2. The van der Waals surface area contributed by atoms with E-state index in [0.717, 1.165) is 25.2 Å². The molecule has 0 spiro atoms. The summed E-state index contributed by atoms with van der Waals surface area (Å²) < 4.78 is 2.16. The Labute approximate surface area is 127 Å². The summed E-state index contributed by atoms with van der Waals surface area (Å²) in [6, 6.07) is 3.24. The third-order valence-electron chi connectivity index (χ3n) is 4.10. The topological polar surface area (TPSA) is 47.1 Å². The van der Waals surface area contributed by atoms with Gasteiger partial charge in [-0.25, -0.2) is 0 Å². The van der Waals surface area contributed by atoms with Gasteiger partial charge in [-0.2, -0.15) is 5.10 Å². The monoisotopic (exact) mass is 294 g/mol. The molecule has 0 atom stereocenters. The standard InChI is InChI=1S/C15H26N4S/c1-12(2)18(9-8-15(16)20)11-13-7-10-19(17-13)14-5-3-4-6-14/h7,10,12,14H,3-6,8-9,11H2,1-2H3,(H2,16,20). The van der Waals surface area contributed by atoms with Crippen molar-refractivity contribution in [1.82, 2.24) is 14.7 Å². The molecule has 1 fully saturated rings. The average molecular weight is 294 g/mol. The molecule has 112 valence electrons. The molecule has 0 aromatic carbocycles. The van der Waals surface area contributed by atoms with Crippen LogP contribution >= 0.6 is 12.2 Å². The van der Waals surface area contributed by atoms with Crippen LogP contribution in [0.4, 0.5) is 0 Å². The molecule has 2 N–H and O–H groups in total. The summed E-state index contributed by atoms with van der Waals surface area (Å²) in [6.45, 7) is 6.18. The van der Waals surface area contributed by atoms with Gasteiger partial charge in [-0.1, -0.05) is 25.1 Å². The lowest BCUT2D eigenvalue weighted by atomic mass is 10.2. The molecule has 1 aliphatic rings. The molecule has 0 saturated heterocycles. The van der Waals surface area contributed by atoms with Crippen LogP contribution in [0.3, 0.4) is 0 Å². The molecule has 5 heteroatoms. The third-order valence-corrected chi connectivity index (χ3v) is 4.31. The molecule has 0 amide bonds. The molecule has 2 rings (SSSR count). The second-order valence-electron chi connectivity index (χ2n) is 6.01. The fourth-order valence-electron chi connectivity index (χ4n) is 2.82. The van der Waals surface area contributed by atoms with Gasteiger partial charge in [-0.3, -0.25) is 9.58 Å². The minimum Gasteiger partial charge on any atom is -0.393 e. The summed E-state index contributed by atoms with van der Waals surface area (Å²) in [4.78, 5) is 2.97. The van der Waals surface area contributed by atoms with E-state index in [4.69, 9.17) is 23.1 Å². The average Bonchev–Trinajstić information content (AvgIpc) is 3.04. The first-order valence-electron chi connectivity index (χ1n) is 7.62. The van der Waals surface area contributed by atoms with Crippen LogP contribution in [0, 0.1) is 0 Å². The first-order valence-corrected chi connectivity index (χ1v) is 8.03. The summed E-state index contributed by atoms with van der Waals surface area (Å²) in [5.74, 6) is 0. The van der Waals surface area contributed by atoms with Crippen LogP contribution in [0.25, 0.3) is 0 Å². The zero-order chi connectivity index (χ0) is 14.5. The van der Waals surface area contributed by atoms with Crippen molar-refractivity contribution in [3.05, 3.63) is 18.0 Å². The summed E-state index contributed by atoms with van der Waals surface area (Å²) in [5, 5.41) is 4.75. The molecule has 0 aliphatic heterocycles. The van der Waals surface area contributed by atoms with Crippen LogP contribution in [0.15, 0.2) is 12.3 Å². The Kier molecular flexibility index (Phi) is 5.54. The van der Waals surface area contributed by atoms with Gasteiger partial charge in [0, 0.05) is 31.7 Å². The Morgan fingerprint density at radius 1 is 1.50 bits per heavy atom. The van der Waals surface area contributed by atoms with E-state index in [9.17, 15) is 0 Å². The predicted octanol–water partition coefficient (Wildman–Crippen LogP) is 2.88. The Hall–Kier alpha value is -0.940. The SMILES string of the molecule is CC(C)N(CCC(N)=S)Cc1ccn(C2CCCC2)n1. The van der Waals surface area contributed by atoms with Crippen molar-refractivity contribution in [2.75, 3.05) is 6.54 Å². The fourth-order valence-corrected chi connectivity index (χ4v) is 2.91. The van der Waals surface area contributed by atoms with Gasteiger partial charge in [0.05, 0.1) is 16.7 Å². The Morgan fingerprint density at radius 3 is 2.80 bits per heavy atom. The van der Waals surface area contributed by atoms with Gasteiger partial charge >= 0.3 is 0 Å². The zero-order valence-electron chi connectivity index (χ0n) is 12.6. The quantitative estimate of drug-likeness (QED) is 0.786. The highest BCUT2D eigenvalue weighted by Crippen LogP contribution is 2.28. The van der Waals surface area contributed by atoms with E-state index >= 15 is 0 Å². The first kappa shape index (κ1) is 15.4. The van der Waals surface area contributed by atoms with Crippen LogP contribution in [-0.2, 0) is 6.54 Å². The Bertz CT molecular complexity index is 435. The van der Waals surface area contributed by atoms with Crippen molar-refractivity contribution in [1.29, 1.82) is 0 Å². The number of nitrogens with zero attached hydrogens (tertiary/aromatic N) is 3. The highest BCUT2D eigenvalue weighted by atomic mass is 32.1. The maximum atomic E-state index is 5.61. The first-order chi connectivity index (χ1) is 9.56. The maximum Gasteiger partial charge on any atom is 0.0764 e. The maximum absolute atomic E-state index is 5.61. The summed E-state index contributed by atoms with van der Waals surface area (Å²) in [7, 11) is 0.